The van der Waals surface area contributed by atoms with Crippen molar-refractivity contribution in [2.75, 3.05) is 26.4 Å². The van der Waals surface area contributed by atoms with Crippen LogP contribution in [0, 0.1) is 0 Å². The van der Waals surface area contributed by atoms with E-state index in [2.05, 4.69) is 10.3 Å². The van der Waals surface area contributed by atoms with Gasteiger partial charge in [-0.15, -0.1) is 0 Å². The SMILES string of the molecule is CNCCC(O)C(O)c1cnc(N)c(OC)c1. The Labute approximate surface area is 100 Å². The van der Waals surface area contributed by atoms with Crippen LogP contribution in [0.2, 0.25) is 0 Å². The van der Waals surface area contributed by atoms with Crippen molar-refractivity contribution in [1.82, 2.24) is 10.3 Å². The number of aliphatic hydroxyl groups excluding tert-OH is 2. The largest absolute Gasteiger partial charge is 0.493 e. The third kappa shape index (κ3) is 3.55. The Kier molecular flexibility index (Phi) is 5.14. The van der Waals surface area contributed by atoms with E-state index in [0.29, 0.717) is 24.3 Å². The maximum Gasteiger partial charge on any atom is 0.166 e. The molecule has 0 aliphatic carbocycles. The number of nitrogens with one attached hydrogen (secondary N) is 1. The first-order valence-electron chi connectivity index (χ1n) is 5.40. The summed E-state index contributed by atoms with van der Waals surface area (Å²) in [5.41, 5.74) is 6.05. The Bertz CT molecular complexity index is 360. The quantitative estimate of drug-likeness (QED) is 0.544. The molecule has 2 unspecified atom stereocenters. The van der Waals surface area contributed by atoms with Crippen molar-refractivity contribution in [2.45, 2.75) is 18.6 Å². The van der Waals surface area contributed by atoms with Crippen molar-refractivity contribution in [3.8, 4) is 5.75 Å². The number of anilines is 1. The fourth-order valence-electron chi connectivity index (χ4n) is 1.47. The molecule has 0 aromatic carbocycles. The van der Waals surface area contributed by atoms with Crippen LogP contribution in [0.1, 0.15) is 18.1 Å². The fraction of sp³-hybridized carbons (Fsp3) is 0.545. The second-order valence-electron chi connectivity index (χ2n) is 3.76. The molecule has 0 saturated carbocycles. The van der Waals surface area contributed by atoms with Gasteiger partial charge in [0.25, 0.3) is 0 Å². The molecule has 17 heavy (non-hydrogen) atoms. The standard InChI is InChI=1S/C11H19N3O3/c1-13-4-3-8(15)10(16)7-5-9(17-2)11(12)14-6-7/h5-6,8,10,13,15-16H,3-4H2,1-2H3,(H2,12,14). The molecule has 0 spiro atoms. The Hall–Kier alpha value is -1.37. The highest BCUT2D eigenvalue weighted by atomic mass is 16.5. The normalized spacial score (nSPS) is 14.4. The second-order valence-corrected chi connectivity index (χ2v) is 3.76. The van der Waals surface area contributed by atoms with Crippen molar-refractivity contribution in [1.29, 1.82) is 0 Å². The van der Waals surface area contributed by atoms with E-state index in [1.807, 2.05) is 0 Å². The molecule has 0 aliphatic rings. The van der Waals surface area contributed by atoms with Crippen molar-refractivity contribution >= 4 is 5.82 Å². The van der Waals surface area contributed by atoms with Crippen LogP contribution >= 0.6 is 0 Å². The molecule has 0 amide bonds. The third-order valence-corrected chi connectivity index (χ3v) is 2.52. The summed E-state index contributed by atoms with van der Waals surface area (Å²) in [5.74, 6) is 0.649. The molecule has 0 radical (unpaired) electrons. The van der Waals surface area contributed by atoms with Gasteiger partial charge in [0, 0.05) is 11.8 Å². The van der Waals surface area contributed by atoms with Gasteiger partial charge in [0.1, 0.15) is 6.10 Å². The van der Waals surface area contributed by atoms with E-state index < -0.39 is 12.2 Å². The van der Waals surface area contributed by atoms with E-state index in [-0.39, 0.29) is 5.82 Å². The number of nitrogens with zero attached hydrogens (tertiary/aromatic N) is 1. The highest BCUT2D eigenvalue weighted by Crippen LogP contribution is 2.25. The Balaban J connectivity index is 2.77. The summed E-state index contributed by atoms with van der Waals surface area (Å²) in [6.07, 6.45) is 0.0399. The average molecular weight is 241 g/mol. The second kappa shape index (κ2) is 6.39. The van der Waals surface area contributed by atoms with Gasteiger partial charge in [-0.05, 0) is 26.1 Å². The zero-order valence-corrected chi connectivity index (χ0v) is 10.1. The lowest BCUT2D eigenvalue weighted by Gasteiger charge is -2.18. The summed E-state index contributed by atoms with van der Waals surface area (Å²) >= 11 is 0. The average Bonchev–Trinajstić information content (AvgIpc) is 2.35. The van der Waals surface area contributed by atoms with Gasteiger partial charge in [0.05, 0.1) is 13.2 Å². The van der Waals surface area contributed by atoms with E-state index in [4.69, 9.17) is 10.5 Å². The molecule has 6 heteroatoms. The van der Waals surface area contributed by atoms with Gasteiger partial charge in [-0.1, -0.05) is 0 Å². The molecule has 96 valence electrons. The molecule has 0 aliphatic heterocycles. The van der Waals surface area contributed by atoms with E-state index in [1.54, 1.807) is 13.1 Å². The third-order valence-electron chi connectivity index (χ3n) is 2.52. The number of hydrogen-bond acceptors (Lipinski definition) is 6. The van der Waals surface area contributed by atoms with Crippen molar-refractivity contribution in [3.63, 3.8) is 0 Å². The number of hydrogen-bond donors (Lipinski definition) is 4. The maximum atomic E-state index is 9.91. The first kappa shape index (κ1) is 13.7. The highest BCUT2D eigenvalue weighted by Gasteiger charge is 2.19. The van der Waals surface area contributed by atoms with Crippen LogP contribution in [0.4, 0.5) is 5.82 Å². The molecule has 5 N–H and O–H groups in total. The molecule has 1 aromatic heterocycles. The van der Waals surface area contributed by atoms with Crippen molar-refractivity contribution < 1.29 is 14.9 Å². The lowest BCUT2D eigenvalue weighted by molar-refractivity contribution is 0.0137. The minimum absolute atomic E-state index is 0.258. The number of pyridine rings is 1. The number of ether oxygens (including phenoxy) is 1. The van der Waals surface area contributed by atoms with E-state index in [0.717, 1.165) is 0 Å². The van der Waals surface area contributed by atoms with Crippen LogP contribution in [-0.4, -0.2) is 42.0 Å². The summed E-state index contributed by atoms with van der Waals surface area (Å²) in [5, 5.41) is 22.6. The molecule has 1 rings (SSSR count). The van der Waals surface area contributed by atoms with Crippen LogP contribution in [0.25, 0.3) is 0 Å². The molecule has 6 nitrogen and oxygen atoms in total. The number of aromatic nitrogens is 1. The lowest BCUT2D eigenvalue weighted by atomic mass is 10.0. The highest BCUT2D eigenvalue weighted by molar-refractivity contribution is 5.47. The van der Waals surface area contributed by atoms with Crippen molar-refractivity contribution in [3.05, 3.63) is 17.8 Å². The molecule has 1 aromatic rings. The summed E-state index contributed by atoms with van der Waals surface area (Å²) in [7, 11) is 3.26. The number of rotatable bonds is 6. The molecular weight excluding hydrogens is 222 g/mol. The molecule has 0 bridgehead atoms. The van der Waals surface area contributed by atoms with Gasteiger partial charge >= 0.3 is 0 Å². The smallest absolute Gasteiger partial charge is 0.166 e. The summed E-state index contributed by atoms with van der Waals surface area (Å²) < 4.78 is 5.00. The van der Waals surface area contributed by atoms with Gasteiger partial charge in [0.2, 0.25) is 0 Å². The summed E-state index contributed by atoms with van der Waals surface area (Å²) in [4.78, 5) is 3.90. The summed E-state index contributed by atoms with van der Waals surface area (Å²) in [6.45, 7) is 0.623. The van der Waals surface area contributed by atoms with Crippen LogP contribution in [0.15, 0.2) is 12.3 Å². The number of aliphatic hydroxyl groups is 2. The van der Waals surface area contributed by atoms with E-state index in [9.17, 15) is 10.2 Å². The Morgan fingerprint density at radius 2 is 2.24 bits per heavy atom. The molecule has 2 atom stereocenters. The molecule has 1 heterocycles. The predicted octanol–water partition coefficient (Wildman–Crippen LogP) is -0.324. The zero-order valence-electron chi connectivity index (χ0n) is 10.1. The monoisotopic (exact) mass is 241 g/mol. The van der Waals surface area contributed by atoms with Gasteiger partial charge in [-0.2, -0.15) is 0 Å². The minimum atomic E-state index is -0.995. The number of methoxy groups -OCH3 is 1. The van der Waals surface area contributed by atoms with Gasteiger partial charge in [0.15, 0.2) is 11.6 Å². The van der Waals surface area contributed by atoms with Crippen LogP contribution < -0.4 is 15.8 Å². The molecular formula is C11H19N3O3. The Morgan fingerprint density at radius 3 is 2.82 bits per heavy atom. The first-order chi connectivity index (χ1) is 8.10. The van der Waals surface area contributed by atoms with Gasteiger partial charge < -0.3 is 26.0 Å². The fourth-order valence-corrected chi connectivity index (χ4v) is 1.47. The van der Waals surface area contributed by atoms with E-state index >= 15 is 0 Å². The molecule has 0 fully saturated rings. The topological polar surface area (TPSA) is 101 Å². The number of nitrogen functional groups attached to an aromatic ring is 1. The first-order valence-corrected chi connectivity index (χ1v) is 5.40. The molecule has 0 saturated heterocycles. The summed E-state index contributed by atoms with van der Waals surface area (Å²) in [6, 6.07) is 1.58. The van der Waals surface area contributed by atoms with Gasteiger partial charge in [-0.25, -0.2) is 4.98 Å². The van der Waals surface area contributed by atoms with E-state index in [1.165, 1.54) is 13.3 Å². The lowest BCUT2D eigenvalue weighted by Crippen LogP contribution is -2.23. The number of nitrogens with two attached hydrogens (primary N) is 1. The van der Waals surface area contributed by atoms with Crippen LogP contribution in [0.5, 0.6) is 5.75 Å². The minimum Gasteiger partial charge on any atom is -0.493 e. The zero-order chi connectivity index (χ0) is 12.8. The maximum absolute atomic E-state index is 9.91. The van der Waals surface area contributed by atoms with Gasteiger partial charge in [-0.3, -0.25) is 0 Å². The van der Waals surface area contributed by atoms with Crippen LogP contribution in [0.3, 0.4) is 0 Å². The van der Waals surface area contributed by atoms with Crippen LogP contribution in [-0.2, 0) is 0 Å². The van der Waals surface area contributed by atoms with Crippen molar-refractivity contribution in [2.24, 2.45) is 0 Å². The Morgan fingerprint density at radius 1 is 1.53 bits per heavy atom. The predicted molar refractivity (Wildman–Crippen MR) is 64.7 cm³/mol.